The molecule has 0 spiro atoms. The van der Waals surface area contributed by atoms with E-state index in [0.717, 1.165) is 55.9 Å². The van der Waals surface area contributed by atoms with Crippen LogP contribution in [0.4, 0.5) is 0 Å². The van der Waals surface area contributed by atoms with Gasteiger partial charge >= 0.3 is 0 Å². The first-order valence-corrected chi connectivity index (χ1v) is 9.32. The lowest BCUT2D eigenvalue weighted by Crippen LogP contribution is -2.46. The van der Waals surface area contributed by atoms with Crippen LogP contribution in [0.5, 0.6) is 5.75 Å². The van der Waals surface area contributed by atoms with Crippen molar-refractivity contribution in [3.63, 3.8) is 0 Å². The molecule has 0 bridgehead atoms. The molecule has 1 aromatic rings. The maximum absolute atomic E-state index is 12.7. The first-order chi connectivity index (χ1) is 11.8. The standard InChI is InChI=1S/C19H27N3O2/c23-19-18-7-6-17(24-13-15-4-1-2-9-21-15)10-14(18)12-22(19)16-5-3-8-20-11-16/h6-7,10,15-16,20-21H,1-5,8-9,11-13H2/t15-,16?/m1/s1. The molecule has 0 aromatic heterocycles. The molecule has 0 radical (unpaired) electrons. The van der Waals surface area contributed by atoms with E-state index in [-0.39, 0.29) is 5.91 Å². The summed E-state index contributed by atoms with van der Waals surface area (Å²) in [6, 6.07) is 6.74. The van der Waals surface area contributed by atoms with Crippen LogP contribution in [0.1, 0.15) is 48.0 Å². The van der Waals surface area contributed by atoms with Crippen molar-refractivity contribution in [1.29, 1.82) is 0 Å². The number of ether oxygens (including phenoxy) is 1. The Morgan fingerprint density at radius 1 is 1.17 bits per heavy atom. The Morgan fingerprint density at radius 2 is 2.12 bits per heavy atom. The van der Waals surface area contributed by atoms with Crippen LogP contribution in [0.3, 0.4) is 0 Å². The van der Waals surface area contributed by atoms with Crippen LogP contribution in [0.15, 0.2) is 18.2 Å². The van der Waals surface area contributed by atoms with E-state index < -0.39 is 0 Å². The average molecular weight is 329 g/mol. The van der Waals surface area contributed by atoms with Crippen molar-refractivity contribution in [2.75, 3.05) is 26.2 Å². The maximum Gasteiger partial charge on any atom is 0.254 e. The second-order valence-corrected chi connectivity index (χ2v) is 7.21. The number of fused-ring (bicyclic) bond motifs is 1. The monoisotopic (exact) mass is 329 g/mol. The molecule has 3 aliphatic heterocycles. The van der Waals surface area contributed by atoms with E-state index in [0.29, 0.717) is 18.7 Å². The fraction of sp³-hybridized carbons (Fsp3) is 0.632. The summed E-state index contributed by atoms with van der Waals surface area (Å²) in [6.45, 7) is 4.51. The molecule has 0 saturated carbocycles. The van der Waals surface area contributed by atoms with Crippen molar-refractivity contribution in [2.45, 2.75) is 50.7 Å². The van der Waals surface area contributed by atoms with Crippen molar-refractivity contribution in [2.24, 2.45) is 0 Å². The van der Waals surface area contributed by atoms with Gasteiger partial charge < -0.3 is 20.3 Å². The lowest BCUT2D eigenvalue weighted by atomic mass is 10.1. The summed E-state index contributed by atoms with van der Waals surface area (Å²) >= 11 is 0. The molecule has 5 heteroatoms. The van der Waals surface area contributed by atoms with Crippen LogP contribution in [0, 0.1) is 0 Å². The Bertz CT molecular complexity index is 592. The van der Waals surface area contributed by atoms with E-state index in [4.69, 9.17) is 4.74 Å². The molecule has 4 rings (SSSR count). The highest BCUT2D eigenvalue weighted by atomic mass is 16.5. The van der Waals surface area contributed by atoms with Gasteiger partial charge in [-0.3, -0.25) is 4.79 Å². The predicted octanol–water partition coefficient (Wildman–Crippen LogP) is 1.92. The number of amides is 1. The second-order valence-electron chi connectivity index (χ2n) is 7.21. The molecule has 1 amide bonds. The fourth-order valence-corrected chi connectivity index (χ4v) is 4.07. The number of hydrogen-bond donors (Lipinski definition) is 2. The first-order valence-electron chi connectivity index (χ1n) is 9.32. The van der Waals surface area contributed by atoms with Crippen molar-refractivity contribution in [3.05, 3.63) is 29.3 Å². The molecular weight excluding hydrogens is 302 g/mol. The van der Waals surface area contributed by atoms with Gasteiger partial charge in [-0.25, -0.2) is 0 Å². The summed E-state index contributed by atoms with van der Waals surface area (Å²) in [5.74, 6) is 1.07. The smallest absolute Gasteiger partial charge is 0.254 e. The fourth-order valence-electron chi connectivity index (χ4n) is 4.07. The van der Waals surface area contributed by atoms with Gasteiger partial charge in [-0.15, -0.1) is 0 Å². The zero-order valence-electron chi connectivity index (χ0n) is 14.2. The molecule has 2 atom stereocenters. The molecule has 2 N–H and O–H groups in total. The zero-order chi connectivity index (χ0) is 16.4. The van der Waals surface area contributed by atoms with Crippen molar-refractivity contribution >= 4 is 5.91 Å². The van der Waals surface area contributed by atoms with E-state index in [2.05, 4.69) is 16.7 Å². The topological polar surface area (TPSA) is 53.6 Å². The van der Waals surface area contributed by atoms with Crippen molar-refractivity contribution in [1.82, 2.24) is 15.5 Å². The molecule has 3 heterocycles. The SMILES string of the molecule is O=C1c2ccc(OC[C@H]3CCCCN3)cc2CN1C1CCCNC1. The van der Waals surface area contributed by atoms with Gasteiger partial charge in [0.25, 0.3) is 5.91 Å². The van der Waals surface area contributed by atoms with E-state index in [1.807, 2.05) is 17.0 Å². The summed E-state index contributed by atoms with van der Waals surface area (Å²) in [6.07, 6.45) is 5.98. The van der Waals surface area contributed by atoms with Crippen LogP contribution >= 0.6 is 0 Å². The summed E-state index contributed by atoms with van der Waals surface area (Å²) in [7, 11) is 0. The first kappa shape index (κ1) is 15.9. The second kappa shape index (κ2) is 7.11. The Hall–Kier alpha value is -1.59. The van der Waals surface area contributed by atoms with Crippen LogP contribution in [0.25, 0.3) is 0 Å². The maximum atomic E-state index is 12.7. The molecule has 24 heavy (non-hydrogen) atoms. The molecule has 2 saturated heterocycles. The largest absolute Gasteiger partial charge is 0.492 e. The third-order valence-electron chi connectivity index (χ3n) is 5.48. The van der Waals surface area contributed by atoms with E-state index in [1.165, 1.54) is 19.3 Å². The van der Waals surface area contributed by atoms with Crippen LogP contribution in [0.2, 0.25) is 0 Å². The highest BCUT2D eigenvalue weighted by molar-refractivity contribution is 5.98. The highest BCUT2D eigenvalue weighted by Gasteiger charge is 2.33. The number of hydrogen-bond acceptors (Lipinski definition) is 4. The van der Waals surface area contributed by atoms with E-state index in [9.17, 15) is 4.79 Å². The van der Waals surface area contributed by atoms with Gasteiger partial charge in [0.15, 0.2) is 0 Å². The lowest BCUT2D eigenvalue weighted by Gasteiger charge is -2.31. The number of benzene rings is 1. The molecule has 1 unspecified atom stereocenters. The van der Waals surface area contributed by atoms with Gasteiger partial charge in [-0.05, 0) is 62.5 Å². The zero-order valence-corrected chi connectivity index (χ0v) is 14.2. The predicted molar refractivity (Wildman–Crippen MR) is 93.3 cm³/mol. The number of nitrogens with one attached hydrogen (secondary N) is 2. The minimum absolute atomic E-state index is 0.180. The Kier molecular flexibility index (Phi) is 4.72. The van der Waals surface area contributed by atoms with Gasteiger partial charge in [-0.1, -0.05) is 6.42 Å². The normalized spacial score (nSPS) is 27.2. The summed E-state index contributed by atoms with van der Waals surface area (Å²) in [5.41, 5.74) is 1.96. The average Bonchev–Trinajstić information content (AvgIpc) is 2.98. The van der Waals surface area contributed by atoms with Gasteiger partial charge in [0.1, 0.15) is 12.4 Å². The third-order valence-corrected chi connectivity index (χ3v) is 5.48. The quantitative estimate of drug-likeness (QED) is 0.886. The molecule has 2 fully saturated rings. The van der Waals surface area contributed by atoms with Gasteiger partial charge in [0.05, 0.1) is 0 Å². The minimum Gasteiger partial charge on any atom is -0.492 e. The van der Waals surface area contributed by atoms with Gasteiger partial charge in [0, 0.05) is 30.7 Å². The van der Waals surface area contributed by atoms with E-state index in [1.54, 1.807) is 0 Å². The third kappa shape index (κ3) is 3.28. The Labute approximate surface area is 143 Å². The summed E-state index contributed by atoms with van der Waals surface area (Å²) in [5, 5.41) is 6.91. The molecule has 0 aliphatic carbocycles. The van der Waals surface area contributed by atoms with E-state index >= 15 is 0 Å². The number of piperidine rings is 2. The lowest BCUT2D eigenvalue weighted by molar-refractivity contribution is 0.0674. The number of rotatable bonds is 4. The summed E-state index contributed by atoms with van der Waals surface area (Å²) in [4.78, 5) is 14.7. The molecule has 130 valence electrons. The van der Waals surface area contributed by atoms with Crippen LogP contribution in [-0.4, -0.2) is 49.1 Å². The Balaban J connectivity index is 1.40. The molecule has 5 nitrogen and oxygen atoms in total. The van der Waals surface area contributed by atoms with Gasteiger partial charge in [-0.2, -0.15) is 0 Å². The van der Waals surface area contributed by atoms with Crippen molar-refractivity contribution < 1.29 is 9.53 Å². The number of carbonyl (C=O) groups excluding carboxylic acids is 1. The molecule has 3 aliphatic rings. The Morgan fingerprint density at radius 3 is 2.92 bits per heavy atom. The van der Waals surface area contributed by atoms with Gasteiger partial charge in [0.2, 0.25) is 0 Å². The van der Waals surface area contributed by atoms with Crippen molar-refractivity contribution in [3.8, 4) is 5.75 Å². The highest BCUT2D eigenvalue weighted by Crippen LogP contribution is 2.29. The van der Waals surface area contributed by atoms with Crippen LogP contribution < -0.4 is 15.4 Å². The molecular formula is C19H27N3O2. The summed E-state index contributed by atoms with van der Waals surface area (Å²) < 4.78 is 5.98. The molecule has 1 aromatic carbocycles. The number of nitrogens with zero attached hydrogens (tertiary/aromatic N) is 1. The number of carbonyl (C=O) groups is 1. The van der Waals surface area contributed by atoms with Crippen LogP contribution in [-0.2, 0) is 6.54 Å². The minimum atomic E-state index is 0.180.